The molecule has 0 N–H and O–H groups in total. The van der Waals surface area contributed by atoms with E-state index in [9.17, 15) is 0 Å². The van der Waals surface area contributed by atoms with Crippen LogP contribution < -0.4 is 4.90 Å². The summed E-state index contributed by atoms with van der Waals surface area (Å²) >= 11 is 0. The van der Waals surface area contributed by atoms with Gasteiger partial charge in [-0.2, -0.15) is 0 Å². The Morgan fingerprint density at radius 3 is 2.09 bits per heavy atom. The van der Waals surface area contributed by atoms with Crippen LogP contribution >= 0.6 is 0 Å². The largest absolute Gasteiger partial charge is 0.310 e. The molecule has 11 rings (SSSR count). The number of fused-ring (bicyclic) bond motifs is 6. The number of rotatable bonds is 6. The van der Waals surface area contributed by atoms with E-state index >= 15 is 0 Å². The zero-order valence-corrected chi connectivity index (χ0v) is 30.9. The van der Waals surface area contributed by atoms with Gasteiger partial charge < -0.3 is 9.47 Å². The van der Waals surface area contributed by atoms with E-state index in [1.54, 1.807) is 0 Å². The third kappa shape index (κ3) is 5.41. The molecule has 2 heteroatoms. The molecule has 1 aliphatic carbocycles. The van der Waals surface area contributed by atoms with Gasteiger partial charge in [-0.1, -0.05) is 140 Å². The number of aromatic nitrogens is 1. The molecule has 10 aromatic rings. The van der Waals surface area contributed by atoms with Crippen molar-refractivity contribution in [2.75, 3.05) is 4.90 Å². The second kappa shape index (κ2) is 13.3. The molecule has 0 saturated carbocycles. The number of benzene rings is 9. The molecule has 0 radical (unpaired) electrons. The number of nitrogens with zero attached hydrogens (tertiary/aromatic N) is 2. The van der Waals surface area contributed by atoms with Gasteiger partial charge in [0, 0.05) is 33.2 Å². The van der Waals surface area contributed by atoms with E-state index in [1.165, 1.54) is 82.4 Å². The summed E-state index contributed by atoms with van der Waals surface area (Å²) in [6.45, 7) is 0. The molecule has 0 spiro atoms. The molecule has 0 aliphatic heterocycles. The Bertz CT molecular complexity index is 3130. The molecule has 0 bridgehead atoms. The number of hydrogen-bond acceptors (Lipinski definition) is 1. The molecule has 0 saturated heterocycles. The molecular weight excluding hydrogens is 677 g/mol. The van der Waals surface area contributed by atoms with Crippen molar-refractivity contribution in [1.82, 2.24) is 4.57 Å². The van der Waals surface area contributed by atoms with Gasteiger partial charge in [0.05, 0.1) is 16.7 Å². The van der Waals surface area contributed by atoms with Gasteiger partial charge in [-0.05, 0) is 129 Å². The van der Waals surface area contributed by atoms with E-state index in [2.05, 4.69) is 216 Å². The van der Waals surface area contributed by atoms with E-state index < -0.39 is 0 Å². The van der Waals surface area contributed by atoms with E-state index in [4.69, 9.17) is 0 Å². The molecule has 264 valence electrons. The predicted molar refractivity (Wildman–Crippen MR) is 239 cm³/mol. The first kappa shape index (κ1) is 32.3. The van der Waals surface area contributed by atoms with Crippen molar-refractivity contribution >= 4 is 66.5 Å². The Kier molecular flexibility index (Phi) is 7.67. The van der Waals surface area contributed by atoms with Crippen LogP contribution in [0.4, 0.5) is 17.1 Å². The van der Waals surface area contributed by atoms with Gasteiger partial charge in [-0.15, -0.1) is 0 Å². The second-order valence-electron chi connectivity index (χ2n) is 14.9. The highest BCUT2D eigenvalue weighted by Gasteiger charge is 2.21. The Morgan fingerprint density at radius 1 is 0.446 bits per heavy atom. The van der Waals surface area contributed by atoms with Crippen molar-refractivity contribution in [3.8, 4) is 27.9 Å². The monoisotopic (exact) mass is 714 g/mol. The van der Waals surface area contributed by atoms with Gasteiger partial charge in [-0.25, -0.2) is 0 Å². The van der Waals surface area contributed by atoms with E-state index in [-0.39, 0.29) is 0 Å². The highest BCUT2D eigenvalue weighted by Crippen LogP contribution is 2.44. The highest BCUT2D eigenvalue weighted by atomic mass is 15.1. The van der Waals surface area contributed by atoms with Gasteiger partial charge in [-0.3, -0.25) is 0 Å². The maximum absolute atomic E-state index is 2.46. The summed E-state index contributed by atoms with van der Waals surface area (Å²) in [4.78, 5) is 2.42. The third-order valence-corrected chi connectivity index (χ3v) is 11.6. The van der Waals surface area contributed by atoms with Gasteiger partial charge in [0.1, 0.15) is 0 Å². The van der Waals surface area contributed by atoms with Gasteiger partial charge >= 0.3 is 0 Å². The highest BCUT2D eigenvalue weighted by molar-refractivity contribution is 6.16. The SMILES string of the molecule is C1=Cc2cc3c(cc2CC1)c1c(-c2cccc(N(c4ccc(-c5ccc6ccccc6c5)cc4)c4cccc5ccccc45)c2)cccc1n3-c1ccccc1. The normalized spacial score (nSPS) is 12.4. The lowest BCUT2D eigenvalue weighted by atomic mass is 9.93. The van der Waals surface area contributed by atoms with Crippen LogP contribution in [0.15, 0.2) is 200 Å². The lowest BCUT2D eigenvalue weighted by molar-refractivity contribution is 0.988. The van der Waals surface area contributed by atoms with Gasteiger partial charge in [0.25, 0.3) is 0 Å². The van der Waals surface area contributed by atoms with Crippen LogP contribution in [0.1, 0.15) is 17.5 Å². The molecule has 1 heterocycles. The lowest BCUT2D eigenvalue weighted by Crippen LogP contribution is -2.10. The Morgan fingerprint density at radius 2 is 1.20 bits per heavy atom. The first-order valence-corrected chi connectivity index (χ1v) is 19.6. The number of hydrogen-bond donors (Lipinski definition) is 0. The van der Waals surface area contributed by atoms with Crippen LogP contribution in [0.5, 0.6) is 0 Å². The minimum atomic E-state index is 1.07. The summed E-state index contributed by atoms with van der Waals surface area (Å²) in [7, 11) is 0. The number of aryl methyl sites for hydroxylation is 1. The van der Waals surface area contributed by atoms with Crippen molar-refractivity contribution < 1.29 is 0 Å². The van der Waals surface area contributed by atoms with Gasteiger partial charge in [0.15, 0.2) is 0 Å². The van der Waals surface area contributed by atoms with Crippen molar-refractivity contribution in [1.29, 1.82) is 0 Å². The molecule has 2 nitrogen and oxygen atoms in total. The molecule has 56 heavy (non-hydrogen) atoms. The summed E-state index contributed by atoms with van der Waals surface area (Å²) in [6, 6.07) is 71.3. The zero-order valence-electron chi connectivity index (χ0n) is 30.9. The third-order valence-electron chi connectivity index (χ3n) is 11.6. The standard InChI is InChI=1S/C54H38N2/c1-2-20-45(21-3-1)56-52-26-12-24-49(54(52)50-35-41-16-6-7-17-42(41)36-53(50)56)44-19-10-22-47(34-44)55(51-25-11-18-39-14-8-9-23-48(39)51)46-31-29-38(30-32-46)43-28-27-37-13-4-5-15-40(37)33-43/h1-5,7-15,17-36H,6,16H2. The van der Waals surface area contributed by atoms with Gasteiger partial charge in [0.2, 0.25) is 0 Å². The fraction of sp³-hybridized carbons (Fsp3) is 0.0370. The smallest absolute Gasteiger partial charge is 0.0547 e. The maximum atomic E-state index is 2.46. The molecular formula is C54H38N2. The molecule has 0 unspecified atom stereocenters. The van der Waals surface area contributed by atoms with Crippen molar-refractivity contribution in [2.24, 2.45) is 0 Å². The lowest BCUT2D eigenvalue weighted by Gasteiger charge is -2.27. The fourth-order valence-electron chi connectivity index (χ4n) is 8.91. The molecule has 1 aliphatic rings. The summed E-state index contributed by atoms with van der Waals surface area (Å²) in [5, 5.41) is 7.53. The van der Waals surface area contributed by atoms with E-state index in [1.807, 2.05) is 0 Å². The van der Waals surface area contributed by atoms with Crippen molar-refractivity contribution in [3.63, 3.8) is 0 Å². The summed E-state index contributed by atoms with van der Waals surface area (Å²) in [6.07, 6.45) is 6.75. The minimum absolute atomic E-state index is 1.07. The van der Waals surface area contributed by atoms with Crippen LogP contribution in [-0.2, 0) is 6.42 Å². The fourth-order valence-corrected chi connectivity index (χ4v) is 8.91. The summed E-state index contributed by atoms with van der Waals surface area (Å²) in [5.41, 5.74) is 14.6. The van der Waals surface area contributed by atoms with E-state index in [0.29, 0.717) is 0 Å². The summed E-state index contributed by atoms with van der Waals surface area (Å²) in [5.74, 6) is 0. The molecule has 0 amide bonds. The average molecular weight is 715 g/mol. The van der Waals surface area contributed by atoms with Crippen LogP contribution in [0.3, 0.4) is 0 Å². The average Bonchev–Trinajstić information content (AvgIpc) is 3.59. The van der Waals surface area contributed by atoms with Crippen molar-refractivity contribution in [3.05, 3.63) is 211 Å². The van der Waals surface area contributed by atoms with Crippen LogP contribution in [0, 0.1) is 0 Å². The van der Waals surface area contributed by atoms with Crippen LogP contribution in [-0.4, -0.2) is 4.57 Å². The first-order valence-electron chi connectivity index (χ1n) is 19.6. The topological polar surface area (TPSA) is 8.17 Å². The van der Waals surface area contributed by atoms with E-state index in [0.717, 1.165) is 29.9 Å². The van der Waals surface area contributed by atoms with Crippen molar-refractivity contribution in [2.45, 2.75) is 12.8 Å². The molecule has 9 aromatic carbocycles. The quantitative estimate of drug-likeness (QED) is 0.166. The number of anilines is 3. The predicted octanol–water partition coefficient (Wildman–Crippen LogP) is 14.9. The number of para-hydroxylation sites is 1. The maximum Gasteiger partial charge on any atom is 0.0547 e. The molecule has 0 fully saturated rings. The second-order valence-corrected chi connectivity index (χ2v) is 14.9. The number of allylic oxidation sites excluding steroid dienone is 1. The zero-order chi connectivity index (χ0) is 37.0. The van der Waals surface area contributed by atoms with Crippen LogP contribution in [0.2, 0.25) is 0 Å². The summed E-state index contributed by atoms with van der Waals surface area (Å²) < 4.78 is 2.44. The molecule has 0 atom stereocenters. The van der Waals surface area contributed by atoms with Crippen LogP contribution in [0.25, 0.3) is 77.4 Å². The Balaban J connectivity index is 1.10. The Labute approximate surface area is 326 Å². The molecule has 1 aromatic heterocycles. The minimum Gasteiger partial charge on any atom is -0.310 e. The first-order chi connectivity index (χ1) is 27.8. The Hall–Kier alpha value is -7.16.